The van der Waals surface area contributed by atoms with Crippen LogP contribution in [0.2, 0.25) is 0 Å². The van der Waals surface area contributed by atoms with E-state index < -0.39 is 0 Å². The summed E-state index contributed by atoms with van der Waals surface area (Å²) in [5.74, 6) is 0. The number of nitrogens with zero attached hydrogens (tertiary/aromatic N) is 1. The van der Waals surface area contributed by atoms with Crippen LogP contribution in [0.3, 0.4) is 0 Å². The predicted octanol–water partition coefficient (Wildman–Crippen LogP) is 2.35. The molecule has 0 radical (unpaired) electrons. The number of rotatable bonds is 6. The zero-order valence-corrected chi connectivity index (χ0v) is 12.6. The fourth-order valence-corrected chi connectivity index (χ4v) is 3.83. The third-order valence-corrected chi connectivity index (χ3v) is 4.61. The highest BCUT2D eigenvalue weighted by Crippen LogP contribution is 2.33. The topological polar surface area (TPSA) is 57.8 Å². The number of aromatic nitrogens is 2. The van der Waals surface area contributed by atoms with Crippen LogP contribution in [0.5, 0.6) is 0 Å². The van der Waals surface area contributed by atoms with E-state index >= 15 is 0 Å². The highest BCUT2D eigenvalue weighted by molar-refractivity contribution is 7.99. The molecule has 1 heterocycles. The van der Waals surface area contributed by atoms with E-state index in [-0.39, 0.29) is 5.56 Å². The lowest BCUT2D eigenvalue weighted by Crippen LogP contribution is -2.26. The number of H-pyrrole nitrogens is 1. The van der Waals surface area contributed by atoms with Crippen molar-refractivity contribution in [1.29, 1.82) is 0 Å². The van der Waals surface area contributed by atoms with E-state index in [1.165, 1.54) is 19.3 Å². The first-order valence-electron chi connectivity index (χ1n) is 7.21. The predicted molar refractivity (Wildman–Crippen MR) is 79.8 cm³/mol. The van der Waals surface area contributed by atoms with Gasteiger partial charge in [0.05, 0.1) is 0 Å². The van der Waals surface area contributed by atoms with Crippen molar-refractivity contribution in [1.82, 2.24) is 15.3 Å². The summed E-state index contributed by atoms with van der Waals surface area (Å²) < 4.78 is 0. The molecule has 1 fully saturated rings. The molecule has 106 valence electrons. The first kappa shape index (κ1) is 14.6. The van der Waals surface area contributed by atoms with E-state index in [0.717, 1.165) is 30.2 Å². The van der Waals surface area contributed by atoms with Crippen LogP contribution in [0.15, 0.2) is 16.0 Å². The molecule has 0 bridgehead atoms. The number of hydrogen-bond donors (Lipinski definition) is 2. The van der Waals surface area contributed by atoms with Gasteiger partial charge in [-0.1, -0.05) is 32.0 Å². The van der Waals surface area contributed by atoms with Crippen LogP contribution in [0.4, 0.5) is 0 Å². The van der Waals surface area contributed by atoms with E-state index in [1.54, 1.807) is 17.8 Å². The second kappa shape index (κ2) is 7.10. The third kappa shape index (κ3) is 4.35. The van der Waals surface area contributed by atoms with Gasteiger partial charge in [0, 0.05) is 23.1 Å². The molecule has 1 saturated carbocycles. The first-order valence-corrected chi connectivity index (χ1v) is 8.09. The van der Waals surface area contributed by atoms with Gasteiger partial charge in [-0.05, 0) is 32.2 Å². The van der Waals surface area contributed by atoms with Crippen molar-refractivity contribution >= 4 is 11.8 Å². The van der Waals surface area contributed by atoms with Crippen molar-refractivity contribution in [3.63, 3.8) is 0 Å². The lowest BCUT2D eigenvalue weighted by molar-refractivity contribution is 0.543. The molecule has 0 spiro atoms. The van der Waals surface area contributed by atoms with Crippen LogP contribution in [0.25, 0.3) is 0 Å². The molecule has 2 N–H and O–H groups in total. The molecule has 2 rings (SSSR count). The fraction of sp³-hybridized carbons (Fsp3) is 0.714. The standard InChI is InChI=1S/C14H23N3OS/c1-3-5-11-9-13(18)17-14(16-11)19-12-7-6-10(8-12)15-4-2/h9-10,12,15H,3-8H2,1-2H3,(H,16,17,18). The Balaban J connectivity index is 1.97. The molecule has 1 aliphatic rings. The van der Waals surface area contributed by atoms with Crippen molar-refractivity contribution in [3.8, 4) is 0 Å². The molecule has 5 heteroatoms. The highest BCUT2D eigenvalue weighted by atomic mass is 32.2. The Morgan fingerprint density at radius 3 is 3.05 bits per heavy atom. The molecule has 1 aromatic heterocycles. The van der Waals surface area contributed by atoms with E-state index in [4.69, 9.17) is 0 Å². The minimum Gasteiger partial charge on any atom is -0.314 e. The Morgan fingerprint density at radius 2 is 2.32 bits per heavy atom. The maximum absolute atomic E-state index is 11.6. The second-order valence-corrected chi connectivity index (χ2v) is 6.39. The Morgan fingerprint density at radius 1 is 1.47 bits per heavy atom. The van der Waals surface area contributed by atoms with Gasteiger partial charge in [-0.25, -0.2) is 4.98 Å². The SMILES string of the molecule is CCCc1cc(=O)[nH]c(SC2CCC(NCC)C2)n1. The number of thioether (sulfide) groups is 1. The van der Waals surface area contributed by atoms with Crippen LogP contribution in [0.1, 0.15) is 45.2 Å². The molecule has 4 nitrogen and oxygen atoms in total. The van der Waals surface area contributed by atoms with E-state index in [9.17, 15) is 4.79 Å². The molecular weight excluding hydrogens is 258 g/mol. The summed E-state index contributed by atoms with van der Waals surface area (Å²) in [6, 6.07) is 2.25. The minimum absolute atomic E-state index is 0.0258. The number of hydrogen-bond acceptors (Lipinski definition) is 4. The molecule has 0 amide bonds. The Kier molecular flexibility index (Phi) is 5.45. The van der Waals surface area contributed by atoms with Gasteiger partial charge in [0.25, 0.3) is 5.56 Å². The van der Waals surface area contributed by atoms with Crippen LogP contribution in [-0.2, 0) is 6.42 Å². The zero-order chi connectivity index (χ0) is 13.7. The Hall–Kier alpha value is -0.810. The third-order valence-electron chi connectivity index (χ3n) is 3.43. The van der Waals surface area contributed by atoms with Crippen molar-refractivity contribution < 1.29 is 0 Å². The zero-order valence-electron chi connectivity index (χ0n) is 11.7. The van der Waals surface area contributed by atoms with Crippen molar-refractivity contribution in [2.45, 2.75) is 62.4 Å². The summed E-state index contributed by atoms with van der Waals surface area (Å²) in [5.41, 5.74) is 0.886. The summed E-state index contributed by atoms with van der Waals surface area (Å²) >= 11 is 1.73. The monoisotopic (exact) mass is 281 g/mol. The largest absolute Gasteiger partial charge is 0.314 e. The average molecular weight is 281 g/mol. The second-order valence-electron chi connectivity index (χ2n) is 5.10. The Labute approximate surface area is 118 Å². The van der Waals surface area contributed by atoms with Crippen LogP contribution >= 0.6 is 11.8 Å². The molecule has 1 aliphatic carbocycles. The van der Waals surface area contributed by atoms with Gasteiger partial charge in [-0.3, -0.25) is 4.79 Å². The molecule has 19 heavy (non-hydrogen) atoms. The number of nitrogens with one attached hydrogen (secondary N) is 2. The maximum Gasteiger partial charge on any atom is 0.251 e. The lowest BCUT2D eigenvalue weighted by atomic mass is 10.2. The summed E-state index contributed by atoms with van der Waals surface area (Å²) in [6.45, 7) is 5.28. The average Bonchev–Trinajstić information content (AvgIpc) is 2.76. The normalized spacial score (nSPS) is 22.8. The van der Waals surface area contributed by atoms with Crippen LogP contribution < -0.4 is 10.9 Å². The van der Waals surface area contributed by atoms with E-state index in [0.29, 0.717) is 11.3 Å². The summed E-state index contributed by atoms with van der Waals surface area (Å²) in [6.07, 6.45) is 5.49. The van der Waals surface area contributed by atoms with Gasteiger partial charge in [0.2, 0.25) is 0 Å². The van der Waals surface area contributed by atoms with Crippen LogP contribution in [0, 0.1) is 0 Å². The number of aromatic amines is 1. The van der Waals surface area contributed by atoms with Crippen LogP contribution in [-0.4, -0.2) is 27.8 Å². The summed E-state index contributed by atoms with van der Waals surface area (Å²) in [5, 5.41) is 4.86. The van der Waals surface area contributed by atoms with Crippen molar-refractivity contribution in [2.75, 3.05) is 6.54 Å². The number of aryl methyl sites for hydroxylation is 1. The Bertz CT molecular complexity index is 460. The summed E-state index contributed by atoms with van der Waals surface area (Å²) in [7, 11) is 0. The van der Waals surface area contributed by atoms with E-state index in [1.807, 2.05) is 0 Å². The van der Waals surface area contributed by atoms with E-state index in [2.05, 4.69) is 29.1 Å². The molecule has 2 unspecified atom stereocenters. The van der Waals surface area contributed by atoms with Gasteiger partial charge in [0.15, 0.2) is 5.16 Å². The molecule has 0 saturated heterocycles. The smallest absolute Gasteiger partial charge is 0.251 e. The lowest BCUT2D eigenvalue weighted by Gasteiger charge is -2.11. The molecule has 1 aromatic rings. The highest BCUT2D eigenvalue weighted by Gasteiger charge is 2.25. The maximum atomic E-state index is 11.6. The minimum atomic E-state index is -0.0258. The van der Waals surface area contributed by atoms with Crippen molar-refractivity contribution in [3.05, 3.63) is 22.1 Å². The van der Waals surface area contributed by atoms with Gasteiger partial charge < -0.3 is 10.3 Å². The fourth-order valence-electron chi connectivity index (χ4n) is 2.60. The first-order chi connectivity index (χ1) is 9.21. The van der Waals surface area contributed by atoms with Gasteiger partial charge in [-0.2, -0.15) is 0 Å². The quantitative estimate of drug-likeness (QED) is 0.786. The van der Waals surface area contributed by atoms with Crippen molar-refractivity contribution in [2.24, 2.45) is 0 Å². The molecule has 0 aromatic carbocycles. The summed E-state index contributed by atoms with van der Waals surface area (Å²) in [4.78, 5) is 19.0. The van der Waals surface area contributed by atoms with Gasteiger partial charge >= 0.3 is 0 Å². The van der Waals surface area contributed by atoms with Gasteiger partial charge in [0.1, 0.15) is 0 Å². The van der Waals surface area contributed by atoms with Gasteiger partial charge in [-0.15, -0.1) is 0 Å². The molecule has 2 atom stereocenters. The molecular formula is C14H23N3OS. The molecule has 0 aliphatic heterocycles.